The zero-order valence-corrected chi connectivity index (χ0v) is 17.3. The maximum atomic E-state index is 12.8. The second kappa shape index (κ2) is 7.89. The Hall–Kier alpha value is -3.23. The van der Waals surface area contributed by atoms with Gasteiger partial charge in [0.05, 0.1) is 28.9 Å². The van der Waals surface area contributed by atoms with Crippen LogP contribution in [0.15, 0.2) is 52.6 Å². The fourth-order valence-electron chi connectivity index (χ4n) is 3.18. The van der Waals surface area contributed by atoms with Gasteiger partial charge in [-0.1, -0.05) is 22.9 Å². The zero-order chi connectivity index (χ0) is 21.4. The smallest absolute Gasteiger partial charge is 0.338 e. The van der Waals surface area contributed by atoms with Crippen LogP contribution in [0.3, 0.4) is 0 Å². The number of aromatic nitrogens is 1. The molecule has 0 bridgehead atoms. The van der Waals surface area contributed by atoms with E-state index in [1.165, 1.54) is 22.8 Å². The zero-order valence-electron chi connectivity index (χ0n) is 15.8. The summed E-state index contributed by atoms with van der Waals surface area (Å²) in [6.45, 7) is 2.05. The third kappa shape index (κ3) is 3.55. The molecule has 1 aliphatic rings. The number of carbonyl (C=O) groups excluding carboxylic acids is 3. The van der Waals surface area contributed by atoms with Crippen LogP contribution < -0.4 is 9.77 Å². The first-order valence-corrected chi connectivity index (χ1v) is 10.2. The van der Waals surface area contributed by atoms with Gasteiger partial charge in [0.1, 0.15) is 6.61 Å². The predicted molar refractivity (Wildman–Crippen MR) is 113 cm³/mol. The van der Waals surface area contributed by atoms with E-state index in [0.29, 0.717) is 10.7 Å². The summed E-state index contributed by atoms with van der Waals surface area (Å²) in [6, 6.07) is 10.6. The standard InChI is InChI=1S/C21H15ClN2O5S/c1-12-11-30-21(28)23(12)8-9-29-20(27)13-2-7-16-17(10-13)19(26)24(18(16)25)15-5-3-14(22)4-6-15/h2-7,10-11H,8-9H2,1H3. The second-order valence-corrected chi connectivity index (χ2v) is 7.87. The van der Waals surface area contributed by atoms with Gasteiger partial charge in [-0.05, 0) is 49.4 Å². The number of benzene rings is 2. The largest absolute Gasteiger partial charge is 0.460 e. The van der Waals surface area contributed by atoms with Crippen LogP contribution in [-0.2, 0) is 11.3 Å². The third-order valence-electron chi connectivity index (χ3n) is 4.73. The number of fused-ring (bicyclic) bond motifs is 1. The fraction of sp³-hybridized carbons (Fsp3) is 0.143. The number of halogens is 1. The molecule has 0 spiro atoms. The first-order chi connectivity index (χ1) is 14.4. The van der Waals surface area contributed by atoms with Crippen molar-refractivity contribution in [3.8, 4) is 0 Å². The molecule has 0 radical (unpaired) electrons. The Bertz CT molecular complexity index is 1230. The van der Waals surface area contributed by atoms with Crippen LogP contribution in [-0.4, -0.2) is 29.0 Å². The Morgan fingerprint density at radius 3 is 2.40 bits per heavy atom. The van der Waals surface area contributed by atoms with Crippen LogP contribution in [0.1, 0.15) is 36.8 Å². The molecule has 4 rings (SSSR count). The molecule has 0 saturated carbocycles. The minimum atomic E-state index is -0.635. The number of hydrogen-bond acceptors (Lipinski definition) is 6. The highest BCUT2D eigenvalue weighted by Gasteiger charge is 2.37. The molecule has 2 aromatic carbocycles. The Labute approximate surface area is 180 Å². The molecule has 7 nitrogen and oxygen atoms in total. The number of carbonyl (C=O) groups is 3. The Morgan fingerprint density at radius 2 is 1.73 bits per heavy atom. The van der Waals surface area contributed by atoms with E-state index in [2.05, 4.69) is 0 Å². The Balaban J connectivity index is 1.50. The summed E-state index contributed by atoms with van der Waals surface area (Å²) in [5.74, 6) is -1.62. The van der Waals surface area contributed by atoms with Crippen molar-refractivity contribution in [3.05, 3.63) is 84.9 Å². The van der Waals surface area contributed by atoms with Crippen LogP contribution in [0.2, 0.25) is 5.02 Å². The molecule has 1 aliphatic heterocycles. The number of esters is 1. The van der Waals surface area contributed by atoms with Crippen LogP contribution in [0.5, 0.6) is 0 Å². The molecule has 0 N–H and O–H groups in total. The van der Waals surface area contributed by atoms with E-state index >= 15 is 0 Å². The average Bonchev–Trinajstić information content (AvgIpc) is 3.19. The van der Waals surface area contributed by atoms with Gasteiger partial charge in [-0.15, -0.1) is 0 Å². The van der Waals surface area contributed by atoms with Crippen LogP contribution in [0, 0.1) is 6.92 Å². The molecule has 0 fully saturated rings. The Kier molecular flexibility index (Phi) is 5.27. The highest BCUT2D eigenvalue weighted by molar-refractivity contribution is 7.07. The van der Waals surface area contributed by atoms with Crippen molar-refractivity contribution in [1.82, 2.24) is 4.57 Å². The van der Waals surface area contributed by atoms with Gasteiger partial charge >= 0.3 is 10.8 Å². The molecule has 30 heavy (non-hydrogen) atoms. The van der Waals surface area contributed by atoms with Crippen molar-refractivity contribution in [2.45, 2.75) is 13.5 Å². The van der Waals surface area contributed by atoms with Gasteiger partial charge in [-0.3, -0.25) is 19.0 Å². The van der Waals surface area contributed by atoms with Crippen molar-refractivity contribution in [2.75, 3.05) is 11.5 Å². The summed E-state index contributed by atoms with van der Waals surface area (Å²) in [5.41, 5.74) is 1.69. The summed E-state index contributed by atoms with van der Waals surface area (Å²) in [7, 11) is 0. The Morgan fingerprint density at radius 1 is 1.03 bits per heavy atom. The van der Waals surface area contributed by atoms with Crippen molar-refractivity contribution < 1.29 is 19.1 Å². The fourth-order valence-corrected chi connectivity index (χ4v) is 4.07. The van der Waals surface area contributed by atoms with Gasteiger partial charge in [0.15, 0.2) is 0 Å². The maximum absolute atomic E-state index is 12.8. The number of rotatable bonds is 5. The molecule has 0 saturated heterocycles. The van der Waals surface area contributed by atoms with E-state index in [9.17, 15) is 19.2 Å². The number of imide groups is 1. The van der Waals surface area contributed by atoms with Crippen LogP contribution in [0.25, 0.3) is 0 Å². The number of ether oxygens (including phenoxy) is 1. The number of anilines is 1. The number of thiazole rings is 1. The minimum Gasteiger partial charge on any atom is -0.460 e. The monoisotopic (exact) mass is 442 g/mol. The normalized spacial score (nSPS) is 12.9. The molecular weight excluding hydrogens is 428 g/mol. The van der Waals surface area contributed by atoms with Gasteiger partial charge in [0.25, 0.3) is 11.8 Å². The van der Waals surface area contributed by atoms with Crippen molar-refractivity contribution in [3.63, 3.8) is 0 Å². The van der Waals surface area contributed by atoms with E-state index in [4.69, 9.17) is 16.3 Å². The first kappa shape index (κ1) is 20.1. The lowest BCUT2D eigenvalue weighted by atomic mass is 10.1. The lowest BCUT2D eigenvalue weighted by Gasteiger charge is -2.13. The molecule has 0 atom stereocenters. The highest BCUT2D eigenvalue weighted by Crippen LogP contribution is 2.30. The summed E-state index contributed by atoms with van der Waals surface area (Å²) in [4.78, 5) is 50.5. The third-order valence-corrected chi connectivity index (χ3v) is 5.86. The molecule has 1 aromatic heterocycles. The van der Waals surface area contributed by atoms with E-state index in [1.807, 2.05) is 0 Å². The number of amides is 2. The van der Waals surface area contributed by atoms with Crippen molar-refractivity contribution >= 4 is 46.4 Å². The highest BCUT2D eigenvalue weighted by atomic mass is 35.5. The molecule has 9 heteroatoms. The van der Waals surface area contributed by atoms with Gasteiger partial charge in [-0.25, -0.2) is 9.69 Å². The van der Waals surface area contributed by atoms with Crippen molar-refractivity contribution in [2.24, 2.45) is 0 Å². The maximum Gasteiger partial charge on any atom is 0.338 e. The second-order valence-electron chi connectivity index (χ2n) is 6.61. The van der Waals surface area contributed by atoms with Crippen LogP contribution in [0.4, 0.5) is 5.69 Å². The van der Waals surface area contributed by atoms with Gasteiger partial charge in [-0.2, -0.15) is 0 Å². The quantitative estimate of drug-likeness (QED) is 0.445. The number of hydrogen-bond donors (Lipinski definition) is 0. The van der Waals surface area contributed by atoms with Gasteiger partial charge < -0.3 is 4.74 Å². The summed E-state index contributed by atoms with van der Waals surface area (Å²) >= 11 is 6.95. The summed E-state index contributed by atoms with van der Waals surface area (Å²) in [5, 5.41) is 2.22. The number of aryl methyl sites for hydroxylation is 1. The predicted octanol–water partition coefficient (Wildman–Crippen LogP) is 3.53. The van der Waals surface area contributed by atoms with Crippen LogP contribution >= 0.6 is 22.9 Å². The van der Waals surface area contributed by atoms with E-state index in [-0.39, 0.29) is 34.7 Å². The minimum absolute atomic E-state index is 0.0111. The summed E-state index contributed by atoms with van der Waals surface area (Å²) in [6.07, 6.45) is 0. The molecule has 0 aliphatic carbocycles. The lowest BCUT2D eigenvalue weighted by molar-refractivity contribution is 0.0490. The SMILES string of the molecule is Cc1csc(=O)n1CCOC(=O)c1ccc2c(c1)C(=O)N(c1ccc(Cl)cc1)C2=O. The lowest BCUT2D eigenvalue weighted by Crippen LogP contribution is -2.29. The van der Waals surface area contributed by atoms with Crippen molar-refractivity contribution in [1.29, 1.82) is 0 Å². The number of nitrogens with zero attached hydrogens (tertiary/aromatic N) is 2. The molecular formula is C21H15ClN2O5S. The van der Waals surface area contributed by atoms with E-state index in [1.54, 1.807) is 36.6 Å². The molecule has 2 amide bonds. The van der Waals surface area contributed by atoms with E-state index in [0.717, 1.165) is 21.9 Å². The molecule has 2 heterocycles. The van der Waals surface area contributed by atoms with Gasteiger partial charge in [0, 0.05) is 16.1 Å². The molecule has 0 unspecified atom stereocenters. The van der Waals surface area contributed by atoms with Gasteiger partial charge in [0.2, 0.25) is 0 Å². The topological polar surface area (TPSA) is 85.7 Å². The van der Waals surface area contributed by atoms with E-state index < -0.39 is 17.8 Å². The average molecular weight is 443 g/mol. The molecule has 152 valence electrons. The summed E-state index contributed by atoms with van der Waals surface area (Å²) < 4.78 is 6.76. The first-order valence-electron chi connectivity index (χ1n) is 8.97. The molecule has 3 aromatic rings.